The maximum absolute atomic E-state index is 13.7. The minimum atomic E-state index is -1.18. The van der Waals surface area contributed by atoms with E-state index in [0.29, 0.717) is 37.7 Å². The maximum atomic E-state index is 13.7. The van der Waals surface area contributed by atoms with Crippen LogP contribution in [0.3, 0.4) is 0 Å². The molecule has 0 spiro atoms. The van der Waals surface area contributed by atoms with E-state index in [1.807, 2.05) is 30.3 Å². The van der Waals surface area contributed by atoms with Crippen molar-refractivity contribution in [2.45, 2.75) is 88.7 Å². The zero-order chi connectivity index (χ0) is 37.9. The minimum Gasteiger partial charge on any atom is -0.508 e. The van der Waals surface area contributed by atoms with Crippen LogP contribution >= 0.6 is 0 Å². The third-order valence-electron chi connectivity index (χ3n) is 8.44. The number of phenols is 1. The van der Waals surface area contributed by atoms with Crippen LogP contribution in [0.25, 0.3) is 0 Å². The lowest BCUT2D eigenvalue weighted by Gasteiger charge is -2.31. The Morgan fingerprint density at radius 1 is 0.843 bits per heavy atom. The van der Waals surface area contributed by atoms with E-state index in [2.05, 4.69) is 26.6 Å². The molecule has 0 saturated carbocycles. The molecule has 6 atom stereocenters. The van der Waals surface area contributed by atoms with Crippen LogP contribution in [0.1, 0.15) is 50.7 Å². The molecule has 0 radical (unpaired) electrons. The summed E-state index contributed by atoms with van der Waals surface area (Å²) < 4.78 is 0. The number of hydrogen-bond donors (Lipinski definition) is 8. The van der Waals surface area contributed by atoms with Gasteiger partial charge in [-0.1, -0.05) is 49.4 Å². The zero-order valence-corrected chi connectivity index (χ0v) is 29.8. The Morgan fingerprint density at radius 2 is 1.47 bits per heavy atom. The van der Waals surface area contributed by atoms with E-state index in [-0.39, 0.29) is 30.9 Å². The van der Waals surface area contributed by atoms with E-state index >= 15 is 0 Å². The van der Waals surface area contributed by atoms with Crippen molar-refractivity contribution < 1.29 is 39.0 Å². The van der Waals surface area contributed by atoms with E-state index < -0.39 is 66.5 Å². The van der Waals surface area contributed by atoms with Crippen LogP contribution in [-0.2, 0) is 41.6 Å². The van der Waals surface area contributed by atoms with Crippen LogP contribution in [0.15, 0.2) is 54.6 Å². The topological polar surface area (TPSA) is 232 Å². The van der Waals surface area contributed by atoms with E-state index in [0.717, 1.165) is 5.56 Å². The van der Waals surface area contributed by atoms with Gasteiger partial charge in [0.15, 0.2) is 0 Å². The molecule has 0 aliphatic rings. The Balaban J connectivity index is 2.18. The second kappa shape index (κ2) is 22.1. The highest BCUT2D eigenvalue weighted by atomic mass is 16.3. The van der Waals surface area contributed by atoms with Gasteiger partial charge in [-0.2, -0.15) is 0 Å². The number of aliphatic hydroxyl groups excluding tert-OH is 1. The molecule has 6 unspecified atom stereocenters. The molecule has 51 heavy (non-hydrogen) atoms. The summed E-state index contributed by atoms with van der Waals surface area (Å²) in [4.78, 5) is 79.2. The average Bonchev–Trinajstić information content (AvgIpc) is 3.12. The van der Waals surface area contributed by atoms with Crippen LogP contribution < -0.4 is 32.3 Å². The number of carbonyl (C=O) groups is 6. The molecule has 0 aliphatic heterocycles. The lowest BCUT2D eigenvalue weighted by Crippen LogP contribution is -2.58. The summed E-state index contributed by atoms with van der Waals surface area (Å²) in [6.07, 6.45) is 1.14. The number of carbonyl (C=O) groups excluding carboxylic acids is 6. The molecule has 2 rings (SSSR count). The summed E-state index contributed by atoms with van der Waals surface area (Å²) in [7, 11) is 3.20. The van der Waals surface area contributed by atoms with Crippen LogP contribution in [0.4, 0.5) is 0 Å². The second-order valence-electron chi connectivity index (χ2n) is 12.4. The minimum absolute atomic E-state index is 0.00272. The number of phenolic OH excluding ortho intramolecular Hbond substituents is 1. The van der Waals surface area contributed by atoms with E-state index in [1.165, 1.54) is 31.0 Å². The average molecular weight is 712 g/mol. The number of rotatable bonds is 22. The third-order valence-corrected chi connectivity index (χ3v) is 8.44. The quantitative estimate of drug-likeness (QED) is 0.0564. The lowest BCUT2D eigenvalue weighted by atomic mass is 10.0. The highest BCUT2D eigenvalue weighted by Gasteiger charge is 2.32. The van der Waals surface area contributed by atoms with Gasteiger partial charge in [-0.25, -0.2) is 0 Å². The van der Waals surface area contributed by atoms with Gasteiger partial charge in [-0.05, 0) is 75.9 Å². The molecule has 2 aromatic carbocycles. The molecule has 0 heterocycles. The van der Waals surface area contributed by atoms with Crippen molar-refractivity contribution in [3.63, 3.8) is 0 Å². The number of aromatic hydroxyl groups is 1. The highest BCUT2D eigenvalue weighted by molar-refractivity contribution is 5.95. The summed E-state index contributed by atoms with van der Waals surface area (Å²) in [5, 5.41) is 32.7. The van der Waals surface area contributed by atoms with E-state index in [1.54, 1.807) is 26.1 Å². The predicted molar refractivity (Wildman–Crippen MR) is 191 cm³/mol. The number of aldehydes is 1. The van der Waals surface area contributed by atoms with Gasteiger partial charge in [0.25, 0.3) is 0 Å². The van der Waals surface area contributed by atoms with Crippen molar-refractivity contribution in [1.29, 1.82) is 0 Å². The molecule has 0 fully saturated rings. The van der Waals surface area contributed by atoms with Crippen LogP contribution in [-0.4, -0.2) is 114 Å². The fourth-order valence-electron chi connectivity index (χ4n) is 5.37. The molecule has 0 saturated heterocycles. The molecular weight excluding hydrogens is 658 g/mol. The van der Waals surface area contributed by atoms with Gasteiger partial charge in [0.2, 0.25) is 29.5 Å². The molecule has 9 N–H and O–H groups in total. The Bertz CT molecular complexity index is 1420. The first-order valence-corrected chi connectivity index (χ1v) is 17.1. The molecule has 15 nitrogen and oxygen atoms in total. The summed E-state index contributed by atoms with van der Waals surface area (Å²) in [6, 6.07) is 10.6. The van der Waals surface area contributed by atoms with E-state index in [4.69, 9.17) is 5.73 Å². The van der Waals surface area contributed by atoms with Crippen molar-refractivity contribution in [1.82, 2.24) is 31.5 Å². The van der Waals surface area contributed by atoms with Crippen molar-refractivity contribution >= 4 is 35.8 Å². The largest absolute Gasteiger partial charge is 0.508 e. The number of unbranched alkanes of at least 4 members (excludes halogenated alkanes) is 1. The van der Waals surface area contributed by atoms with Crippen LogP contribution in [0.2, 0.25) is 0 Å². The fraction of sp³-hybridized carbons (Fsp3) is 0.500. The summed E-state index contributed by atoms with van der Waals surface area (Å²) in [6.45, 7) is 2.91. The monoisotopic (exact) mass is 711 g/mol. The zero-order valence-electron chi connectivity index (χ0n) is 29.8. The number of nitrogens with one attached hydrogen (secondary N) is 5. The molecule has 0 aliphatic carbocycles. The molecule has 0 aromatic heterocycles. The summed E-state index contributed by atoms with van der Waals surface area (Å²) in [5.74, 6) is -2.97. The van der Waals surface area contributed by atoms with Gasteiger partial charge < -0.3 is 52.2 Å². The van der Waals surface area contributed by atoms with E-state index in [9.17, 15) is 39.0 Å². The second-order valence-corrected chi connectivity index (χ2v) is 12.4. The van der Waals surface area contributed by atoms with Gasteiger partial charge in [0, 0.05) is 13.5 Å². The Kier molecular flexibility index (Phi) is 18.3. The number of amides is 5. The number of nitrogens with two attached hydrogens (primary N) is 1. The normalized spacial score (nSPS) is 14.5. The van der Waals surface area contributed by atoms with Gasteiger partial charge in [0.05, 0.1) is 18.7 Å². The number of aliphatic hydroxyl groups is 1. The Labute approximate surface area is 299 Å². The van der Waals surface area contributed by atoms with Crippen LogP contribution in [0, 0.1) is 0 Å². The SMILES string of the molecule is CCC(C(=O)NC(Cc1ccc(O)cc1)C(=O)NCC(=O)NC(CCCCN)C(=O)NC(C=O)C(C)O)N(C)C(=O)C(Cc1ccccc1)NC. The third kappa shape index (κ3) is 14.1. The predicted octanol–water partition coefficient (Wildman–Crippen LogP) is -0.718. The first-order valence-electron chi connectivity index (χ1n) is 17.1. The molecule has 15 heteroatoms. The highest BCUT2D eigenvalue weighted by Crippen LogP contribution is 2.14. The van der Waals surface area contributed by atoms with Crippen molar-refractivity contribution in [2.24, 2.45) is 5.73 Å². The Hall–Kier alpha value is -4.86. The first kappa shape index (κ1) is 42.3. The van der Waals surface area contributed by atoms with Gasteiger partial charge >= 0.3 is 0 Å². The maximum Gasteiger partial charge on any atom is 0.243 e. The standard InChI is InChI=1S/C36H53N7O8/c1-5-31(43(4)36(51)29(38-3)20-24-11-7-6-8-12-24)35(50)41-28(19-25-14-16-26(46)17-15-25)33(48)39-21-32(47)40-27(13-9-10-18-37)34(49)42-30(22-44)23(2)45/h6-8,11-12,14-17,22-23,27-31,38,45-46H,5,9-10,13,18-21,37H2,1-4H3,(H,39,48)(H,40,47)(H,41,50)(H,42,49). The van der Waals surface area contributed by atoms with Gasteiger partial charge in [0.1, 0.15) is 36.2 Å². The van der Waals surface area contributed by atoms with Crippen molar-refractivity contribution in [3.05, 3.63) is 65.7 Å². The lowest BCUT2D eigenvalue weighted by molar-refractivity contribution is -0.141. The molecular formula is C36H53N7O8. The number of nitrogens with zero attached hydrogens (tertiary/aromatic N) is 1. The fourth-order valence-corrected chi connectivity index (χ4v) is 5.37. The number of hydrogen-bond acceptors (Lipinski definition) is 10. The number of likely N-dealkylation sites (N-methyl/N-ethyl adjacent to an activating group) is 2. The summed E-state index contributed by atoms with van der Waals surface area (Å²) >= 11 is 0. The Morgan fingerprint density at radius 3 is 2.04 bits per heavy atom. The molecule has 5 amide bonds. The molecule has 2 aromatic rings. The number of benzene rings is 2. The first-order chi connectivity index (χ1) is 24.3. The molecule has 280 valence electrons. The molecule has 0 bridgehead atoms. The summed E-state index contributed by atoms with van der Waals surface area (Å²) in [5.41, 5.74) is 7.11. The van der Waals surface area contributed by atoms with Gasteiger partial charge in [-0.3, -0.25) is 24.0 Å². The smallest absolute Gasteiger partial charge is 0.243 e. The van der Waals surface area contributed by atoms with Gasteiger partial charge in [-0.15, -0.1) is 0 Å². The van der Waals surface area contributed by atoms with Crippen molar-refractivity contribution in [3.8, 4) is 5.75 Å². The van der Waals surface area contributed by atoms with Crippen molar-refractivity contribution in [2.75, 3.05) is 27.2 Å². The van der Waals surface area contributed by atoms with Crippen LogP contribution in [0.5, 0.6) is 5.75 Å².